The topological polar surface area (TPSA) is 100 Å². The Labute approximate surface area is 207 Å². The molecule has 1 aliphatic heterocycles. The number of nitrogens with one attached hydrogen (secondary N) is 2. The normalized spacial score (nSPS) is 15.7. The fourth-order valence-corrected chi connectivity index (χ4v) is 5.20. The summed E-state index contributed by atoms with van der Waals surface area (Å²) in [5.74, 6) is 0.242. The molecule has 0 bridgehead atoms. The smallest absolute Gasteiger partial charge is 0.231 e. The van der Waals surface area contributed by atoms with Gasteiger partial charge in [0.2, 0.25) is 16.9 Å². The van der Waals surface area contributed by atoms with Gasteiger partial charge in [-0.25, -0.2) is 0 Å². The molecule has 9 heteroatoms. The van der Waals surface area contributed by atoms with Crippen LogP contribution in [-0.2, 0) is 22.4 Å². The molecular weight excluding hydrogens is 462 g/mol. The number of anilines is 1. The lowest BCUT2D eigenvalue weighted by Gasteiger charge is -2.16. The number of ether oxygens (including phenoxy) is 1. The average molecular weight is 490 g/mol. The number of carbonyl (C=O) groups excluding carboxylic acids is 2. The number of benzene rings is 2. The Morgan fingerprint density at radius 1 is 1.23 bits per heavy atom. The number of H-pyrrole nitrogens is 1. The Bertz CT molecular complexity index is 1360. The number of amides is 2. The van der Waals surface area contributed by atoms with Gasteiger partial charge in [0.05, 0.1) is 13.0 Å². The van der Waals surface area contributed by atoms with E-state index in [1.807, 2.05) is 30.5 Å². The first-order chi connectivity index (χ1) is 17.0. The lowest BCUT2D eigenvalue weighted by molar-refractivity contribution is -0.128. The van der Waals surface area contributed by atoms with Crippen molar-refractivity contribution in [1.82, 2.24) is 20.1 Å². The summed E-state index contributed by atoms with van der Waals surface area (Å²) in [5, 5.41) is 13.6. The van der Waals surface area contributed by atoms with Crippen LogP contribution in [0.25, 0.3) is 10.9 Å². The highest BCUT2D eigenvalue weighted by atomic mass is 32.1. The molecule has 0 saturated carbocycles. The maximum atomic E-state index is 12.8. The van der Waals surface area contributed by atoms with Crippen molar-refractivity contribution in [3.8, 4) is 5.75 Å². The Morgan fingerprint density at radius 2 is 2.06 bits per heavy atom. The molecule has 180 valence electrons. The summed E-state index contributed by atoms with van der Waals surface area (Å²) >= 11 is 1.35. The maximum absolute atomic E-state index is 12.8. The zero-order valence-electron chi connectivity index (χ0n) is 19.7. The third-order valence-electron chi connectivity index (χ3n) is 6.37. The van der Waals surface area contributed by atoms with Gasteiger partial charge in [0, 0.05) is 43.0 Å². The van der Waals surface area contributed by atoms with Crippen molar-refractivity contribution < 1.29 is 14.3 Å². The molecule has 1 atom stereocenters. The molecule has 35 heavy (non-hydrogen) atoms. The van der Waals surface area contributed by atoms with E-state index in [2.05, 4.69) is 45.6 Å². The number of fused-ring (bicyclic) bond motifs is 1. The number of hydrogen-bond acceptors (Lipinski definition) is 6. The van der Waals surface area contributed by atoms with Gasteiger partial charge >= 0.3 is 0 Å². The van der Waals surface area contributed by atoms with Gasteiger partial charge in [0.15, 0.2) is 0 Å². The number of aryl methyl sites for hydroxylation is 1. The van der Waals surface area contributed by atoms with Crippen LogP contribution < -0.4 is 10.1 Å². The van der Waals surface area contributed by atoms with Crippen molar-refractivity contribution in [1.29, 1.82) is 0 Å². The minimum atomic E-state index is -0.387. The maximum Gasteiger partial charge on any atom is 0.231 e. The van der Waals surface area contributed by atoms with Crippen molar-refractivity contribution in [2.24, 2.45) is 5.92 Å². The van der Waals surface area contributed by atoms with Crippen LogP contribution in [0.3, 0.4) is 0 Å². The van der Waals surface area contributed by atoms with Crippen LogP contribution in [0.5, 0.6) is 5.75 Å². The van der Waals surface area contributed by atoms with E-state index in [0.29, 0.717) is 24.6 Å². The van der Waals surface area contributed by atoms with E-state index < -0.39 is 0 Å². The van der Waals surface area contributed by atoms with Crippen molar-refractivity contribution in [2.75, 3.05) is 25.5 Å². The van der Waals surface area contributed by atoms with Gasteiger partial charge in [-0.1, -0.05) is 35.1 Å². The van der Waals surface area contributed by atoms with E-state index in [1.54, 1.807) is 12.0 Å². The number of rotatable bonds is 8. The molecule has 3 heterocycles. The van der Waals surface area contributed by atoms with Crippen LogP contribution in [0.1, 0.15) is 28.1 Å². The van der Waals surface area contributed by atoms with Gasteiger partial charge in [-0.3, -0.25) is 9.59 Å². The van der Waals surface area contributed by atoms with Gasteiger partial charge in [-0.2, -0.15) is 0 Å². The summed E-state index contributed by atoms with van der Waals surface area (Å²) in [6, 6.07) is 14.1. The minimum Gasteiger partial charge on any atom is -0.497 e. The first-order valence-corrected chi connectivity index (χ1v) is 12.4. The second kappa shape index (κ2) is 9.87. The van der Waals surface area contributed by atoms with Crippen molar-refractivity contribution in [3.05, 3.63) is 70.4 Å². The molecule has 1 saturated heterocycles. The predicted octanol–water partition coefficient (Wildman–Crippen LogP) is 3.96. The minimum absolute atomic E-state index is 0.0126. The summed E-state index contributed by atoms with van der Waals surface area (Å²) in [6.45, 7) is 3.08. The standard InChI is InChI=1S/C26H27N5O3S/c1-16-3-8-22-21(11-16)18(14-27-22)9-10-31-15-19(13-24(31)32)25(33)28-26-30-29-23(35-26)12-17-4-6-20(34-2)7-5-17/h3-8,11,14,19,27H,9-10,12-13,15H2,1-2H3,(H,28,30,33). The fraction of sp³-hybridized carbons (Fsp3) is 0.308. The number of likely N-dealkylation sites (tertiary alicyclic amines) is 1. The molecule has 8 nitrogen and oxygen atoms in total. The van der Waals surface area contributed by atoms with Gasteiger partial charge in [-0.15, -0.1) is 10.2 Å². The van der Waals surface area contributed by atoms with Crippen molar-refractivity contribution in [3.63, 3.8) is 0 Å². The van der Waals surface area contributed by atoms with E-state index in [4.69, 9.17) is 4.74 Å². The quantitative estimate of drug-likeness (QED) is 0.390. The summed E-state index contributed by atoms with van der Waals surface area (Å²) in [6.07, 6.45) is 3.60. The highest BCUT2D eigenvalue weighted by Crippen LogP contribution is 2.25. The third-order valence-corrected chi connectivity index (χ3v) is 7.21. The summed E-state index contributed by atoms with van der Waals surface area (Å²) < 4.78 is 5.18. The first kappa shape index (κ1) is 23.0. The Kier molecular flexibility index (Phi) is 6.50. The second-order valence-corrected chi connectivity index (χ2v) is 9.93. The largest absolute Gasteiger partial charge is 0.497 e. The monoisotopic (exact) mass is 489 g/mol. The molecule has 1 unspecified atom stereocenters. The molecule has 2 aromatic heterocycles. The van der Waals surface area contributed by atoms with Crippen LogP contribution in [-0.4, -0.2) is 52.1 Å². The fourth-order valence-electron chi connectivity index (χ4n) is 4.42. The summed E-state index contributed by atoms with van der Waals surface area (Å²) in [5.41, 5.74) is 4.57. The molecule has 1 aliphatic rings. The van der Waals surface area contributed by atoms with E-state index in [9.17, 15) is 9.59 Å². The van der Waals surface area contributed by atoms with Gasteiger partial charge in [-0.05, 0) is 48.7 Å². The van der Waals surface area contributed by atoms with Crippen LogP contribution in [0, 0.1) is 12.8 Å². The predicted molar refractivity (Wildman–Crippen MR) is 136 cm³/mol. The molecular formula is C26H27N5O3S. The molecule has 0 aliphatic carbocycles. The van der Waals surface area contributed by atoms with Crippen molar-refractivity contribution in [2.45, 2.75) is 26.2 Å². The van der Waals surface area contributed by atoms with Crippen LogP contribution in [0.4, 0.5) is 5.13 Å². The first-order valence-electron chi connectivity index (χ1n) is 11.6. The Morgan fingerprint density at radius 3 is 2.86 bits per heavy atom. The van der Waals surface area contributed by atoms with E-state index in [-0.39, 0.29) is 24.2 Å². The number of carbonyl (C=O) groups is 2. The molecule has 2 amide bonds. The highest BCUT2D eigenvalue weighted by molar-refractivity contribution is 7.15. The van der Waals surface area contributed by atoms with Gasteiger partial charge in [0.1, 0.15) is 10.8 Å². The van der Waals surface area contributed by atoms with E-state index in [1.165, 1.54) is 27.8 Å². The zero-order valence-corrected chi connectivity index (χ0v) is 20.5. The lowest BCUT2D eigenvalue weighted by Crippen LogP contribution is -2.30. The van der Waals surface area contributed by atoms with Crippen LogP contribution in [0.15, 0.2) is 48.7 Å². The average Bonchev–Trinajstić information content (AvgIpc) is 3.57. The number of methoxy groups -OCH3 is 1. The van der Waals surface area contributed by atoms with E-state index >= 15 is 0 Å². The van der Waals surface area contributed by atoms with Gasteiger partial charge in [0.25, 0.3) is 0 Å². The third kappa shape index (κ3) is 5.19. The number of nitrogens with zero attached hydrogens (tertiary/aromatic N) is 3. The molecule has 5 rings (SSSR count). The SMILES string of the molecule is COc1ccc(Cc2nnc(NC(=O)C3CC(=O)N(CCc4c[nH]c5ccc(C)cc45)C3)s2)cc1. The van der Waals surface area contributed by atoms with Crippen LogP contribution >= 0.6 is 11.3 Å². The number of hydrogen-bond donors (Lipinski definition) is 2. The zero-order chi connectivity index (χ0) is 24.4. The Balaban J connectivity index is 1.15. The summed E-state index contributed by atoms with van der Waals surface area (Å²) in [7, 11) is 1.64. The van der Waals surface area contributed by atoms with E-state index in [0.717, 1.165) is 28.3 Å². The Hall–Kier alpha value is -3.72. The molecule has 0 radical (unpaired) electrons. The number of aromatic nitrogens is 3. The van der Waals surface area contributed by atoms with Gasteiger partial charge < -0.3 is 19.9 Å². The van der Waals surface area contributed by atoms with Crippen LogP contribution in [0.2, 0.25) is 0 Å². The molecule has 2 aromatic carbocycles. The second-order valence-electron chi connectivity index (χ2n) is 8.87. The number of aromatic amines is 1. The van der Waals surface area contributed by atoms with Crippen molar-refractivity contribution >= 4 is 39.2 Å². The molecule has 0 spiro atoms. The highest BCUT2D eigenvalue weighted by Gasteiger charge is 2.34. The molecule has 4 aromatic rings. The lowest BCUT2D eigenvalue weighted by atomic mass is 10.1. The molecule has 2 N–H and O–H groups in total. The molecule has 1 fully saturated rings. The summed E-state index contributed by atoms with van der Waals surface area (Å²) in [4.78, 5) is 30.5.